The molecule has 30 heavy (non-hydrogen) atoms. The van der Waals surface area contributed by atoms with Gasteiger partial charge < -0.3 is 10.3 Å². The molecule has 1 unspecified atom stereocenters. The van der Waals surface area contributed by atoms with Crippen LogP contribution in [0, 0.1) is 12.8 Å². The highest BCUT2D eigenvalue weighted by molar-refractivity contribution is 6.30. The molecule has 0 bridgehead atoms. The van der Waals surface area contributed by atoms with Gasteiger partial charge in [0, 0.05) is 22.7 Å². The molecule has 2 N–H and O–H groups in total. The topological polar surface area (TPSA) is 64.4 Å². The first kappa shape index (κ1) is 20.6. The molecule has 4 rings (SSSR count). The average Bonchev–Trinajstić information content (AvgIpc) is 3.03. The average molecular weight is 434 g/mol. The maximum Gasteiger partial charge on any atom is 0.393 e. The molecule has 0 saturated carbocycles. The van der Waals surface area contributed by atoms with E-state index in [2.05, 4.69) is 5.16 Å². The first-order valence-electron chi connectivity index (χ1n) is 9.46. The van der Waals surface area contributed by atoms with Gasteiger partial charge in [-0.25, -0.2) is 0 Å². The van der Waals surface area contributed by atoms with Gasteiger partial charge in [0.05, 0.1) is 22.9 Å². The summed E-state index contributed by atoms with van der Waals surface area (Å²) in [5.41, 5.74) is 9.69. The van der Waals surface area contributed by atoms with Crippen LogP contribution in [0.1, 0.15) is 35.0 Å². The molecule has 0 saturated heterocycles. The van der Waals surface area contributed by atoms with Crippen molar-refractivity contribution in [2.45, 2.75) is 25.6 Å². The fourth-order valence-corrected chi connectivity index (χ4v) is 3.89. The molecule has 2 atom stereocenters. The quantitative estimate of drug-likeness (QED) is 0.572. The lowest BCUT2D eigenvalue weighted by molar-refractivity contribution is -0.174. The number of benzene rings is 2. The highest BCUT2D eigenvalue weighted by Gasteiger charge is 2.42. The predicted molar refractivity (Wildman–Crippen MR) is 110 cm³/mol. The molecule has 156 valence electrons. The molecule has 2 aromatic carbocycles. The Morgan fingerprint density at radius 1 is 1.10 bits per heavy atom. The third-order valence-corrected chi connectivity index (χ3v) is 5.55. The van der Waals surface area contributed by atoms with E-state index in [0.717, 1.165) is 16.7 Å². The van der Waals surface area contributed by atoms with E-state index in [0.29, 0.717) is 27.8 Å². The minimum Gasteiger partial charge on any atom is -0.358 e. The number of rotatable bonds is 4. The second-order valence-corrected chi connectivity index (χ2v) is 7.70. The van der Waals surface area contributed by atoms with Crippen molar-refractivity contribution in [1.82, 2.24) is 5.16 Å². The number of nitrogens with two attached hydrogens (primary N) is 1. The van der Waals surface area contributed by atoms with Crippen LogP contribution in [-0.2, 0) is 0 Å². The summed E-state index contributed by atoms with van der Waals surface area (Å²) in [5, 5.41) is 4.58. The standard InChI is InChI=1S/C22H19ClF3N3O/c1-12-19-16-4-2-3-5-17(16)20(13-6-8-15(23)9-7-13)28-18(21(19)30-29-12)10-14(11-27)22(24,25)26/h2-9,14,18H,10-11,27H2,1H3/t14?,18-/m0/s1. The number of aryl methyl sites for hydroxylation is 1. The predicted octanol–water partition coefficient (Wildman–Crippen LogP) is 5.72. The molecule has 0 amide bonds. The van der Waals surface area contributed by atoms with Crippen LogP contribution in [-0.4, -0.2) is 23.6 Å². The van der Waals surface area contributed by atoms with Crippen LogP contribution in [0.25, 0.3) is 11.1 Å². The number of alkyl halides is 3. The second-order valence-electron chi connectivity index (χ2n) is 7.26. The molecule has 4 nitrogen and oxygen atoms in total. The highest BCUT2D eigenvalue weighted by Crippen LogP contribution is 2.43. The van der Waals surface area contributed by atoms with E-state index in [1.165, 1.54) is 0 Å². The molecule has 1 aliphatic heterocycles. The lowest BCUT2D eigenvalue weighted by Crippen LogP contribution is -2.31. The fourth-order valence-electron chi connectivity index (χ4n) is 3.76. The summed E-state index contributed by atoms with van der Waals surface area (Å²) in [7, 11) is 0. The number of aromatic nitrogens is 1. The zero-order chi connectivity index (χ0) is 21.5. The van der Waals surface area contributed by atoms with Crippen molar-refractivity contribution >= 4 is 17.3 Å². The van der Waals surface area contributed by atoms with Gasteiger partial charge in [0.25, 0.3) is 0 Å². The van der Waals surface area contributed by atoms with E-state index >= 15 is 0 Å². The summed E-state index contributed by atoms with van der Waals surface area (Å²) in [6.45, 7) is 1.24. The number of aliphatic imine (C=N–C) groups is 1. The largest absolute Gasteiger partial charge is 0.393 e. The molecule has 8 heteroatoms. The molecule has 1 aliphatic rings. The molecule has 2 heterocycles. The minimum absolute atomic E-state index is 0.326. The third kappa shape index (κ3) is 3.75. The SMILES string of the molecule is Cc1noc2c1-c1ccccc1C(c1ccc(Cl)cc1)=N[C@H]2CC(CN)C(F)(F)F. The van der Waals surface area contributed by atoms with Gasteiger partial charge in [-0.1, -0.05) is 53.2 Å². The minimum atomic E-state index is -4.43. The van der Waals surface area contributed by atoms with Crippen molar-refractivity contribution in [3.05, 3.63) is 76.1 Å². The van der Waals surface area contributed by atoms with Gasteiger partial charge >= 0.3 is 6.18 Å². The number of hydrogen-bond acceptors (Lipinski definition) is 4. The first-order chi connectivity index (χ1) is 14.3. The Morgan fingerprint density at radius 3 is 2.40 bits per heavy atom. The summed E-state index contributed by atoms with van der Waals surface area (Å²) in [5.74, 6) is -1.39. The second kappa shape index (κ2) is 7.89. The van der Waals surface area contributed by atoms with Crippen LogP contribution in [0.3, 0.4) is 0 Å². The lowest BCUT2D eigenvalue weighted by atomic mass is 9.92. The van der Waals surface area contributed by atoms with Crippen molar-refractivity contribution < 1.29 is 17.7 Å². The molecule has 0 radical (unpaired) electrons. The molecule has 0 aliphatic carbocycles. The van der Waals surface area contributed by atoms with E-state index in [4.69, 9.17) is 26.9 Å². The maximum atomic E-state index is 13.5. The molecule has 1 aromatic heterocycles. The van der Waals surface area contributed by atoms with Gasteiger partial charge in [-0.2, -0.15) is 13.2 Å². The molecule has 0 fully saturated rings. The van der Waals surface area contributed by atoms with Crippen LogP contribution in [0.2, 0.25) is 5.02 Å². The highest BCUT2D eigenvalue weighted by atomic mass is 35.5. The van der Waals surface area contributed by atoms with E-state index < -0.39 is 24.7 Å². The van der Waals surface area contributed by atoms with Crippen molar-refractivity contribution in [1.29, 1.82) is 0 Å². The van der Waals surface area contributed by atoms with Crippen LogP contribution < -0.4 is 5.73 Å². The van der Waals surface area contributed by atoms with Crippen molar-refractivity contribution in [3.63, 3.8) is 0 Å². The Kier molecular flexibility index (Phi) is 5.42. The van der Waals surface area contributed by atoms with Gasteiger partial charge in [-0.15, -0.1) is 0 Å². The molecule has 0 spiro atoms. The normalized spacial score (nSPS) is 17.0. The lowest BCUT2D eigenvalue weighted by Gasteiger charge is -2.21. The third-order valence-electron chi connectivity index (χ3n) is 5.30. The number of nitrogens with zero attached hydrogens (tertiary/aromatic N) is 2. The van der Waals surface area contributed by atoms with Crippen LogP contribution in [0.15, 0.2) is 58.0 Å². The number of fused-ring (bicyclic) bond motifs is 3. The van der Waals surface area contributed by atoms with Gasteiger partial charge in [-0.05, 0) is 31.0 Å². The number of halogens is 4. The molecule has 3 aromatic rings. The van der Waals surface area contributed by atoms with Crippen molar-refractivity contribution in [2.75, 3.05) is 6.54 Å². The Morgan fingerprint density at radius 2 is 1.77 bits per heavy atom. The fraction of sp³-hybridized carbons (Fsp3) is 0.273. The monoisotopic (exact) mass is 433 g/mol. The van der Waals surface area contributed by atoms with Gasteiger partial charge in [-0.3, -0.25) is 4.99 Å². The Balaban J connectivity index is 1.93. The van der Waals surface area contributed by atoms with E-state index in [1.54, 1.807) is 31.2 Å². The summed E-state index contributed by atoms with van der Waals surface area (Å²) in [6, 6.07) is 13.7. The van der Waals surface area contributed by atoms with Gasteiger partial charge in [0.2, 0.25) is 0 Å². The molecular formula is C22H19ClF3N3O. The van der Waals surface area contributed by atoms with Crippen molar-refractivity contribution in [2.24, 2.45) is 16.6 Å². The first-order valence-corrected chi connectivity index (χ1v) is 9.84. The number of hydrogen-bond donors (Lipinski definition) is 1. The van der Waals surface area contributed by atoms with E-state index in [1.807, 2.05) is 24.3 Å². The summed E-state index contributed by atoms with van der Waals surface area (Å²) < 4.78 is 46.0. The Hall–Kier alpha value is -2.64. The summed E-state index contributed by atoms with van der Waals surface area (Å²) in [6.07, 6.45) is -4.76. The molecular weight excluding hydrogens is 415 g/mol. The maximum absolute atomic E-state index is 13.5. The van der Waals surface area contributed by atoms with Gasteiger partial charge in [0.1, 0.15) is 6.04 Å². The van der Waals surface area contributed by atoms with Gasteiger partial charge in [0.15, 0.2) is 5.76 Å². The van der Waals surface area contributed by atoms with Crippen molar-refractivity contribution in [3.8, 4) is 11.1 Å². The smallest absolute Gasteiger partial charge is 0.358 e. The Bertz CT molecular complexity index is 1090. The Labute approximate surface area is 176 Å². The van der Waals surface area contributed by atoms with Crippen LogP contribution in [0.5, 0.6) is 0 Å². The van der Waals surface area contributed by atoms with Crippen LogP contribution in [0.4, 0.5) is 13.2 Å². The summed E-state index contributed by atoms with van der Waals surface area (Å²) >= 11 is 6.02. The zero-order valence-corrected chi connectivity index (χ0v) is 16.8. The van der Waals surface area contributed by atoms with Crippen LogP contribution >= 0.6 is 11.6 Å². The zero-order valence-electron chi connectivity index (χ0n) is 16.1. The van der Waals surface area contributed by atoms with E-state index in [-0.39, 0.29) is 6.42 Å². The van der Waals surface area contributed by atoms with E-state index in [9.17, 15) is 13.2 Å². The summed E-state index contributed by atoms with van der Waals surface area (Å²) in [4.78, 5) is 4.76.